The van der Waals surface area contributed by atoms with Crippen molar-refractivity contribution in [2.45, 2.75) is 57.3 Å². The second-order valence-corrected chi connectivity index (χ2v) is 7.94. The number of benzene rings is 1. The lowest BCUT2D eigenvalue weighted by Gasteiger charge is -2.39. The molecule has 1 saturated heterocycles. The zero-order valence-corrected chi connectivity index (χ0v) is 16.3. The van der Waals surface area contributed by atoms with Gasteiger partial charge in [-0.25, -0.2) is 0 Å². The molecule has 0 N–H and O–H groups in total. The molecule has 0 radical (unpaired) electrons. The van der Waals surface area contributed by atoms with E-state index >= 15 is 0 Å². The van der Waals surface area contributed by atoms with E-state index in [0.717, 1.165) is 29.5 Å². The minimum absolute atomic E-state index is 0.174. The van der Waals surface area contributed by atoms with Gasteiger partial charge in [0, 0.05) is 22.8 Å². The van der Waals surface area contributed by atoms with Crippen LogP contribution >= 0.6 is 23.4 Å². The molecule has 1 amide bonds. The number of aryl methyl sites for hydroxylation is 1. The Balaban J connectivity index is 1.74. The van der Waals surface area contributed by atoms with Crippen molar-refractivity contribution >= 4 is 29.3 Å². The molecule has 5 nitrogen and oxygen atoms in total. The van der Waals surface area contributed by atoms with Crippen molar-refractivity contribution in [3.8, 4) is 5.69 Å². The molecule has 0 saturated carbocycles. The first-order chi connectivity index (χ1) is 12.0. The third-order valence-corrected chi connectivity index (χ3v) is 5.85. The van der Waals surface area contributed by atoms with E-state index in [1.165, 1.54) is 18.2 Å². The van der Waals surface area contributed by atoms with Crippen LogP contribution in [0.5, 0.6) is 0 Å². The Hall–Kier alpha value is -1.53. The summed E-state index contributed by atoms with van der Waals surface area (Å²) in [6.45, 7) is 6.18. The zero-order chi connectivity index (χ0) is 18.0. The van der Waals surface area contributed by atoms with Crippen LogP contribution in [0.2, 0.25) is 5.02 Å². The number of aromatic nitrogens is 3. The summed E-state index contributed by atoms with van der Waals surface area (Å²) >= 11 is 7.41. The minimum Gasteiger partial charge on any atom is -0.337 e. The third-order valence-electron chi connectivity index (χ3n) is 4.69. The predicted octanol–water partition coefficient (Wildman–Crippen LogP) is 4.11. The van der Waals surface area contributed by atoms with Crippen molar-refractivity contribution in [2.24, 2.45) is 0 Å². The molecule has 2 atom stereocenters. The molecule has 7 heteroatoms. The van der Waals surface area contributed by atoms with Gasteiger partial charge in [0.05, 0.1) is 5.75 Å². The molecular formula is C18H23ClN4OS. The van der Waals surface area contributed by atoms with Gasteiger partial charge in [-0.3, -0.25) is 9.36 Å². The van der Waals surface area contributed by atoms with Crippen LogP contribution in [-0.2, 0) is 4.79 Å². The van der Waals surface area contributed by atoms with E-state index < -0.39 is 0 Å². The molecule has 0 aliphatic carbocycles. The normalized spacial score (nSPS) is 20.7. The maximum absolute atomic E-state index is 12.7. The Morgan fingerprint density at radius 2 is 1.84 bits per heavy atom. The van der Waals surface area contributed by atoms with E-state index in [9.17, 15) is 4.79 Å². The number of nitrogens with zero attached hydrogens (tertiary/aromatic N) is 4. The maximum atomic E-state index is 12.7. The number of carbonyl (C=O) groups excluding carboxylic acids is 1. The van der Waals surface area contributed by atoms with Gasteiger partial charge in [-0.1, -0.05) is 23.4 Å². The van der Waals surface area contributed by atoms with Gasteiger partial charge in [0.1, 0.15) is 5.82 Å². The lowest BCUT2D eigenvalue weighted by molar-refractivity contribution is -0.134. The molecule has 0 spiro atoms. The summed E-state index contributed by atoms with van der Waals surface area (Å²) < 4.78 is 1.96. The van der Waals surface area contributed by atoms with E-state index in [4.69, 9.17) is 11.6 Å². The summed E-state index contributed by atoms with van der Waals surface area (Å²) in [5, 5.41) is 9.83. The number of rotatable bonds is 4. The Labute approximate surface area is 157 Å². The van der Waals surface area contributed by atoms with E-state index in [-0.39, 0.29) is 5.91 Å². The van der Waals surface area contributed by atoms with Gasteiger partial charge >= 0.3 is 0 Å². The highest BCUT2D eigenvalue weighted by molar-refractivity contribution is 7.99. The molecule has 134 valence electrons. The molecule has 1 aliphatic heterocycles. The van der Waals surface area contributed by atoms with E-state index in [1.54, 1.807) is 0 Å². The van der Waals surface area contributed by atoms with Crippen LogP contribution in [0.15, 0.2) is 29.4 Å². The summed E-state index contributed by atoms with van der Waals surface area (Å²) in [4.78, 5) is 14.8. The van der Waals surface area contributed by atoms with Crippen LogP contribution < -0.4 is 0 Å². The summed E-state index contributed by atoms with van der Waals surface area (Å²) in [5.74, 6) is 1.34. The molecule has 1 aliphatic rings. The molecular weight excluding hydrogens is 356 g/mol. The predicted molar refractivity (Wildman–Crippen MR) is 101 cm³/mol. The van der Waals surface area contributed by atoms with E-state index in [0.29, 0.717) is 22.9 Å². The van der Waals surface area contributed by atoms with Gasteiger partial charge < -0.3 is 4.90 Å². The average molecular weight is 379 g/mol. The van der Waals surface area contributed by atoms with Crippen molar-refractivity contribution in [3.63, 3.8) is 0 Å². The average Bonchev–Trinajstić information content (AvgIpc) is 2.94. The topological polar surface area (TPSA) is 51.0 Å². The Bertz CT molecular complexity index is 736. The van der Waals surface area contributed by atoms with Gasteiger partial charge in [-0.2, -0.15) is 0 Å². The summed E-state index contributed by atoms with van der Waals surface area (Å²) in [7, 11) is 0. The molecule has 2 aromatic rings. The summed E-state index contributed by atoms with van der Waals surface area (Å²) in [6, 6.07) is 8.17. The second-order valence-electron chi connectivity index (χ2n) is 6.56. The van der Waals surface area contributed by atoms with Crippen LogP contribution in [0.3, 0.4) is 0 Å². The highest BCUT2D eigenvalue weighted by atomic mass is 35.5. The number of halogens is 1. The Kier molecular flexibility index (Phi) is 5.69. The number of likely N-dealkylation sites (tertiary alicyclic amines) is 1. The smallest absolute Gasteiger partial charge is 0.233 e. The fraction of sp³-hybridized carbons (Fsp3) is 0.500. The van der Waals surface area contributed by atoms with Crippen LogP contribution in [0.1, 0.15) is 38.9 Å². The molecule has 3 rings (SSSR count). The third kappa shape index (κ3) is 4.01. The number of hydrogen-bond donors (Lipinski definition) is 0. The number of thioether (sulfide) groups is 1. The highest BCUT2D eigenvalue weighted by Gasteiger charge is 2.29. The molecule has 0 bridgehead atoms. The fourth-order valence-corrected chi connectivity index (χ4v) is 4.43. The monoisotopic (exact) mass is 378 g/mol. The van der Waals surface area contributed by atoms with Crippen molar-refractivity contribution in [1.29, 1.82) is 0 Å². The quantitative estimate of drug-likeness (QED) is 0.751. The minimum atomic E-state index is 0.174. The van der Waals surface area contributed by atoms with Crippen molar-refractivity contribution in [1.82, 2.24) is 19.7 Å². The molecule has 1 aromatic heterocycles. The fourth-order valence-electron chi connectivity index (χ4n) is 3.44. The first-order valence-corrected chi connectivity index (χ1v) is 9.95. The lowest BCUT2D eigenvalue weighted by Crippen LogP contribution is -2.48. The zero-order valence-electron chi connectivity index (χ0n) is 14.8. The van der Waals surface area contributed by atoms with Crippen LogP contribution in [0.4, 0.5) is 0 Å². The number of hydrogen-bond acceptors (Lipinski definition) is 4. The maximum Gasteiger partial charge on any atom is 0.233 e. The summed E-state index contributed by atoms with van der Waals surface area (Å²) in [5.41, 5.74) is 0.946. The van der Waals surface area contributed by atoms with E-state index in [2.05, 4.69) is 24.0 Å². The molecule has 1 fully saturated rings. The van der Waals surface area contributed by atoms with Gasteiger partial charge in [-0.05, 0) is 64.3 Å². The second kappa shape index (κ2) is 7.79. The Morgan fingerprint density at radius 3 is 2.48 bits per heavy atom. The standard InChI is InChI=1S/C18H23ClN4OS/c1-12-5-4-6-13(2)22(12)17(24)11-25-18-21-20-14(3)23(18)16-9-7-15(19)8-10-16/h7-10,12-13H,4-6,11H2,1-3H3/t12-,13-/m1/s1. The van der Waals surface area contributed by atoms with Crippen LogP contribution in [-0.4, -0.2) is 43.4 Å². The van der Waals surface area contributed by atoms with Crippen molar-refractivity contribution < 1.29 is 4.79 Å². The van der Waals surface area contributed by atoms with Gasteiger partial charge in [0.25, 0.3) is 0 Å². The van der Waals surface area contributed by atoms with Gasteiger partial charge in [0.15, 0.2) is 5.16 Å². The first kappa shape index (κ1) is 18.3. The van der Waals surface area contributed by atoms with Crippen molar-refractivity contribution in [3.05, 3.63) is 35.1 Å². The lowest BCUT2D eigenvalue weighted by atomic mass is 9.98. The molecule has 2 heterocycles. The van der Waals surface area contributed by atoms with Crippen LogP contribution in [0.25, 0.3) is 5.69 Å². The number of carbonyl (C=O) groups is 1. The van der Waals surface area contributed by atoms with Gasteiger partial charge in [-0.15, -0.1) is 10.2 Å². The number of piperidine rings is 1. The molecule has 0 unspecified atom stereocenters. The summed E-state index contributed by atoms with van der Waals surface area (Å²) in [6.07, 6.45) is 3.37. The first-order valence-electron chi connectivity index (χ1n) is 8.59. The highest BCUT2D eigenvalue weighted by Crippen LogP contribution is 2.26. The van der Waals surface area contributed by atoms with Gasteiger partial charge in [0.2, 0.25) is 5.91 Å². The Morgan fingerprint density at radius 1 is 1.20 bits per heavy atom. The van der Waals surface area contributed by atoms with Crippen molar-refractivity contribution in [2.75, 3.05) is 5.75 Å². The SMILES string of the molecule is Cc1nnc(SCC(=O)N2[C@H](C)CCC[C@H]2C)n1-c1ccc(Cl)cc1. The molecule has 25 heavy (non-hydrogen) atoms. The van der Waals surface area contributed by atoms with Crippen LogP contribution in [0, 0.1) is 6.92 Å². The largest absolute Gasteiger partial charge is 0.337 e. The van der Waals surface area contributed by atoms with E-state index in [1.807, 2.05) is 40.7 Å². The number of amides is 1. The molecule has 1 aromatic carbocycles.